The third-order valence-electron chi connectivity index (χ3n) is 2.96. The molecule has 0 aliphatic rings. The van der Waals surface area contributed by atoms with E-state index in [0.29, 0.717) is 6.54 Å². The first-order valence-electron chi connectivity index (χ1n) is 5.99. The number of nitrogens with one attached hydrogen (secondary N) is 1. The fraction of sp³-hybridized carbons (Fsp3) is 0.214. The van der Waals surface area contributed by atoms with E-state index in [2.05, 4.69) is 5.43 Å². The molecule has 0 fully saturated rings. The predicted octanol–water partition coefficient (Wildman–Crippen LogP) is 1.44. The molecule has 0 spiro atoms. The quantitative estimate of drug-likeness (QED) is 0.484. The molecule has 2 aromatic rings. The van der Waals surface area contributed by atoms with Crippen molar-refractivity contribution in [3.8, 4) is 0 Å². The van der Waals surface area contributed by atoms with Crippen LogP contribution < -0.4 is 11.3 Å². The number of hydrazine groups is 1. The Hall–Kier alpha value is -2.11. The summed E-state index contributed by atoms with van der Waals surface area (Å²) in [5.41, 5.74) is 4.13. The summed E-state index contributed by atoms with van der Waals surface area (Å²) in [6, 6.07) is 11.0. The van der Waals surface area contributed by atoms with E-state index >= 15 is 0 Å². The molecule has 0 bridgehead atoms. The summed E-state index contributed by atoms with van der Waals surface area (Å²) in [6.45, 7) is 0.601. The lowest BCUT2D eigenvalue weighted by Crippen LogP contribution is -2.41. The van der Waals surface area contributed by atoms with Gasteiger partial charge in [0.2, 0.25) is 0 Å². The second-order valence-electron chi connectivity index (χ2n) is 4.37. The molecule has 0 saturated heterocycles. The van der Waals surface area contributed by atoms with Crippen LogP contribution in [0.5, 0.6) is 0 Å². The van der Waals surface area contributed by atoms with Crippen LogP contribution in [0.4, 0.5) is 0 Å². The first-order valence-corrected chi connectivity index (χ1v) is 5.99. The molecule has 19 heavy (non-hydrogen) atoms. The molecule has 3 N–H and O–H groups in total. The minimum absolute atomic E-state index is 0.239. The maximum atomic E-state index is 12.0. The summed E-state index contributed by atoms with van der Waals surface area (Å²) in [5, 5.41) is 0. The zero-order chi connectivity index (χ0) is 13.7. The number of likely N-dealkylation sites (N-methyl/N-ethyl adjacent to an activating group) is 1. The molecule has 100 valence electrons. The zero-order valence-electron chi connectivity index (χ0n) is 10.7. The van der Waals surface area contributed by atoms with Crippen molar-refractivity contribution in [3.05, 3.63) is 60.1 Å². The lowest BCUT2D eigenvalue weighted by atomic mass is 10.0. The van der Waals surface area contributed by atoms with Gasteiger partial charge in [0, 0.05) is 12.1 Å². The number of benzene rings is 1. The van der Waals surface area contributed by atoms with Gasteiger partial charge in [-0.3, -0.25) is 15.1 Å². The molecule has 0 aliphatic heterocycles. The van der Waals surface area contributed by atoms with Gasteiger partial charge in [-0.05, 0) is 18.7 Å². The Morgan fingerprint density at radius 2 is 2.11 bits per heavy atom. The van der Waals surface area contributed by atoms with Crippen molar-refractivity contribution in [3.63, 3.8) is 0 Å². The van der Waals surface area contributed by atoms with E-state index in [9.17, 15) is 4.79 Å². The summed E-state index contributed by atoms with van der Waals surface area (Å²) in [4.78, 5) is 13.9. The second-order valence-corrected chi connectivity index (χ2v) is 4.37. The highest BCUT2D eigenvalue weighted by atomic mass is 16.3. The molecule has 5 nitrogen and oxygen atoms in total. The van der Waals surface area contributed by atoms with E-state index < -0.39 is 6.04 Å². The molecule has 1 atom stereocenters. The van der Waals surface area contributed by atoms with Gasteiger partial charge in [-0.15, -0.1) is 0 Å². The van der Waals surface area contributed by atoms with Gasteiger partial charge >= 0.3 is 0 Å². The molecule has 1 aromatic carbocycles. The highest BCUT2D eigenvalue weighted by molar-refractivity contribution is 5.82. The lowest BCUT2D eigenvalue weighted by molar-refractivity contribution is -0.126. The van der Waals surface area contributed by atoms with Crippen molar-refractivity contribution in [2.75, 3.05) is 7.05 Å². The number of amides is 1. The van der Waals surface area contributed by atoms with E-state index in [1.165, 1.54) is 0 Å². The molecule has 0 saturated carbocycles. The van der Waals surface area contributed by atoms with Crippen LogP contribution in [0, 0.1) is 0 Å². The number of nitrogens with two attached hydrogens (primary N) is 1. The highest BCUT2D eigenvalue weighted by Gasteiger charge is 2.24. The van der Waals surface area contributed by atoms with E-state index in [4.69, 9.17) is 10.3 Å². The first kappa shape index (κ1) is 13.3. The molecule has 1 heterocycles. The Bertz CT molecular complexity index is 511. The van der Waals surface area contributed by atoms with Gasteiger partial charge in [0.1, 0.15) is 6.04 Å². The number of furan rings is 1. The largest absolute Gasteiger partial charge is 0.472 e. The maximum Gasteiger partial charge on any atom is 0.255 e. The van der Waals surface area contributed by atoms with Crippen LogP contribution in [0.15, 0.2) is 53.3 Å². The average Bonchev–Trinajstić information content (AvgIpc) is 2.93. The number of nitrogens with zero attached hydrogens (tertiary/aromatic N) is 1. The minimum atomic E-state index is -0.430. The van der Waals surface area contributed by atoms with Crippen molar-refractivity contribution in [2.24, 2.45) is 5.84 Å². The van der Waals surface area contributed by atoms with Gasteiger partial charge in [-0.2, -0.15) is 0 Å². The fourth-order valence-electron chi connectivity index (χ4n) is 2.08. The molecule has 1 aromatic heterocycles. The van der Waals surface area contributed by atoms with E-state index in [1.54, 1.807) is 12.5 Å². The molecule has 2 rings (SSSR count). The number of rotatable bonds is 5. The molecular weight excluding hydrogens is 242 g/mol. The predicted molar refractivity (Wildman–Crippen MR) is 71.7 cm³/mol. The van der Waals surface area contributed by atoms with Crippen LogP contribution in [-0.2, 0) is 11.3 Å². The normalized spacial score (nSPS) is 12.4. The summed E-state index contributed by atoms with van der Waals surface area (Å²) in [7, 11) is 1.87. The number of carbonyl (C=O) groups is 1. The van der Waals surface area contributed by atoms with E-state index in [1.807, 2.05) is 48.3 Å². The average molecular weight is 259 g/mol. The summed E-state index contributed by atoms with van der Waals surface area (Å²) >= 11 is 0. The topological polar surface area (TPSA) is 71.5 Å². The first-order chi connectivity index (χ1) is 9.22. The Balaban J connectivity index is 2.20. The lowest BCUT2D eigenvalue weighted by Gasteiger charge is -2.26. The van der Waals surface area contributed by atoms with E-state index in [-0.39, 0.29) is 5.91 Å². The Morgan fingerprint density at radius 3 is 2.68 bits per heavy atom. The highest BCUT2D eigenvalue weighted by Crippen LogP contribution is 2.21. The monoisotopic (exact) mass is 259 g/mol. The molecule has 1 amide bonds. The van der Waals surface area contributed by atoms with Gasteiger partial charge in [-0.25, -0.2) is 5.84 Å². The molecule has 5 heteroatoms. The smallest absolute Gasteiger partial charge is 0.255 e. The number of carbonyl (C=O) groups excluding carboxylic acids is 1. The zero-order valence-corrected chi connectivity index (χ0v) is 10.7. The van der Waals surface area contributed by atoms with Crippen molar-refractivity contribution >= 4 is 5.91 Å². The Kier molecular flexibility index (Phi) is 4.33. The van der Waals surface area contributed by atoms with Crippen LogP contribution in [-0.4, -0.2) is 17.9 Å². The number of hydrogen-bond donors (Lipinski definition) is 2. The molecule has 0 aliphatic carbocycles. The third-order valence-corrected chi connectivity index (χ3v) is 2.96. The van der Waals surface area contributed by atoms with Crippen LogP contribution in [0.3, 0.4) is 0 Å². The molecule has 0 radical (unpaired) electrons. The van der Waals surface area contributed by atoms with Gasteiger partial charge in [0.15, 0.2) is 0 Å². The summed E-state index contributed by atoms with van der Waals surface area (Å²) < 4.78 is 5.04. The van der Waals surface area contributed by atoms with Crippen molar-refractivity contribution in [1.29, 1.82) is 0 Å². The molecule has 1 unspecified atom stereocenters. The van der Waals surface area contributed by atoms with Crippen LogP contribution >= 0.6 is 0 Å². The van der Waals surface area contributed by atoms with Gasteiger partial charge < -0.3 is 4.42 Å². The minimum Gasteiger partial charge on any atom is -0.472 e. The molecular formula is C14H17N3O2. The fourth-order valence-corrected chi connectivity index (χ4v) is 2.08. The SMILES string of the molecule is CN(Cc1ccoc1)C(C(=O)NN)c1ccccc1. The standard InChI is InChI=1S/C14H17N3O2/c1-17(9-11-7-8-19-10-11)13(14(18)16-15)12-5-3-2-4-6-12/h2-8,10,13H,9,15H2,1H3,(H,16,18). The second kappa shape index (κ2) is 6.17. The summed E-state index contributed by atoms with van der Waals surface area (Å²) in [5.74, 6) is 5.04. The third kappa shape index (κ3) is 3.21. The maximum absolute atomic E-state index is 12.0. The summed E-state index contributed by atoms with van der Waals surface area (Å²) in [6.07, 6.45) is 3.28. The number of hydrogen-bond acceptors (Lipinski definition) is 4. The Morgan fingerprint density at radius 1 is 1.37 bits per heavy atom. The van der Waals surface area contributed by atoms with Crippen molar-refractivity contribution in [1.82, 2.24) is 10.3 Å². The van der Waals surface area contributed by atoms with Gasteiger partial charge in [0.05, 0.1) is 12.5 Å². The van der Waals surface area contributed by atoms with E-state index in [0.717, 1.165) is 11.1 Å². The van der Waals surface area contributed by atoms with Crippen molar-refractivity contribution < 1.29 is 9.21 Å². The van der Waals surface area contributed by atoms with Crippen LogP contribution in [0.1, 0.15) is 17.2 Å². The van der Waals surface area contributed by atoms with Crippen LogP contribution in [0.2, 0.25) is 0 Å². The Labute approximate surface area is 112 Å². The van der Waals surface area contributed by atoms with Gasteiger partial charge in [-0.1, -0.05) is 30.3 Å². The van der Waals surface area contributed by atoms with Gasteiger partial charge in [0.25, 0.3) is 5.91 Å². The van der Waals surface area contributed by atoms with Crippen LogP contribution in [0.25, 0.3) is 0 Å². The van der Waals surface area contributed by atoms with Crippen molar-refractivity contribution in [2.45, 2.75) is 12.6 Å².